The summed E-state index contributed by atoms with van der Waals surface area (Å²) >= 11 is 0. The Morgan fingerprint density at radius 1 is 0.750 bits per heavy atom. The third kappa shape index (κ3) is 1.61. The third-order valence-electron chi connectivity index (χ3n) is 6.33. The number of allylic oxidation sites excluding steroid dienone is 4. The van der Waals surface area contributed by atoms with E-state index in [-0.39, 0.29) is 0 Å². The number of phenols is 2. The molecule has 2 bridgehead atoms. The fourth-order valence-corrected chi connectivity index (χ4v) is 5.47. The molecule has 0 radical (unpaired) electrons. The van der Waals surface area contributed by atoms with Crippen molar-refractivity contribution in [2.24, 2.45) is 23.7 Å². The molecule has 5 rings (SSSR count). The van der Waals surface area contributed by atoms with Gasteiger partial charge in [-0.2, -0.15) is 0 Å². The lowest BCUT2D eigenvalue weighted by atomic mass is 9.62. The van der Waals surface area contributed by atoms with Gasteiger partial charge in [0, 0.05) is 16.5 Å². The van der Waals surface area contributed by atoms with Gasteiger partial charge in [0.15, 0.2) is 0 Å². The summed E-state index contributed by atoms with van der Waals surface area (Å²) in [6.07, 6.45) is 10.4. The predicted molar refractivity (Wildman–Crippen MR) is 93.9 cm³/mol. The van der Waals surface area contributed by atoms with Crippen LogP contribution in [0.3, 0.4) is 0 Å². The maximum absolute atomic E-state index is 10.6. The van der Waals surface area contributed by atoms with Crippen molar-refractivity contribution in [3.8, 4) is 11.5 Å². The minimum absolute atomic E-state index is 0.304. The molecule has 1 fully saturated rings. The van der Waals surface area contributed by atoms with Gasteiger partial charge in [-0.05, 0) is 42.2 Å². The summed E-state index contributed by atoms with van der Waals surface area (Å²) in [6.45, 7) is 0. The van der Waals surface area contributed by atoms with Crippen molar-refractivity contribution in [2.45, 2.75) is 11.8 Å². The number of phenolic OH excluding ortho intramolecular Hbond substituents is 2. The molecule has 2 aromatic carbocycles. The minimum Gasteiger partial charge on any atom is -0.508 e. The van der Waals surface area contributed by atoms with Gasteiger partial charge in [0.1, 0.15) is 11.5 Å². The maximum Gasteiger partial charge on any atom is 0.120 e. The summed E-state index contributed by atoms with van der Waals surface area (Å²) < 4.78 is 0. The molecule has 2 N–H and O–H groups in total. The van der Waals surface area contributed by atoms with E-state index in [1.807, 2.05) is 36.4 Å². The zero-order valence-electron chi connectivity index (χ0n) is 13.3. The molecule has 1 saturated carbocycles. The topological polar surface area (TPSA) is 40.5 Å². The van der Waals surface area contributed by atoms with E-state index in [1.165, 1.54) is 6.42 Å². The van der Waals surface area contributed by atoms with Crippen LogP contribution >= 0.6 is 0 Å². The molecule has 4 atom stereocenters. The van der Waals surface area contributed by atoms with E-state index >= 15 is 0 Å². The molecule has 4 unspecified atom stereocenters. The second-order valence-electron chi connectivity index (χ2n) is 7.31. The second-order valence-corrected chi connectivity index (χ2v) is 7.31. The van der Waals surface area contributed by atoms with Gasteiger partial charge in [-0.25, -0.2) is 0 Å². The summed E-state index contributed by atoms with van der Waals surface area (Å²) in [7, 11) is 0. The van der Waals surface area contributed by atoms with Crippen LogP contribution < -0.4 is 0 Å². The van der Waals surface area contributed by atoms with Crippen LogP contribution in [0, 0.1) is 23.7 Å². The van der Waals surface area contributed by atoms with Crippen molar-refractivity contribution < 1.29 is 10.2 Å². The lowest BCUT2D eigenvalue weighted by molar-refractivity contribution is 0.287. The van der Waals surface area contributed by atoms with Crippen LogP contribution in [0.5, 0.6) is 11.5 Å². The normalized spacial score (nSPS) is 31.5. The summed E-state index contributed by atoms with van der Waals surface area (Å²) in [4.78, 5) is 0. The molecule has 120 valence electrons. The van der Waals surface area contributed by atoms with Crippen LogP contribution in [-0.4, -0.2) is 10.2 Å². The number of benzene rings is 2. The summed E-state index contributed by atoms with van der Waals surface area (Å²) in [5, 5.41) is 21.3. The average molecular weight is 316 g/mol. The molecule has 0 saturated heterocycles. The fourth-order valence-electron chi connectivity index (χ4n) is 5.47. The molecule has 3 aliphatic carbocycles. The quantitative estimate of drug-likeness (QED) is 0.807. The van der Waals surface area contributed by atoms with E-state index in [0.29, 0.717) is 35.2 Å². The number of rotatable bonds is 2. The molecule has 24 heavy (non-hydrogen) atoms. The number of aromatic hydroxyl groups is 2. The van der Waals surface area contributed by atoms with Gasteiger partial charge in [0.05, 0.1) is 0 Å². The highest BCUT2D eigenvalue weighted by Crippen LogP contribution is 2.63. The van der Waals surface area contributed by atoms with Crippen molar-refractivity contribution in [3.63, 3.8) is 0 Å². The first-order chi connectivity index (χ1) is 11.7. The summed E-state index contributed by atoms with van der Waals surface area (Å²) in [6, 6.07) is 15.2. The van der Waals surface area contributed by atoms with Crippen LogP contribution in [0.1, 0.15) is 17.5 Å². The monoisotopic (exact) mass is 316 g/mol. The Hall–Kier alpha value is -2.48. The van der Waals surface area contributed by atoms with Crippen LogP contribution in [0.2, 0.25) is 0 Å². The molecular formula is C22H20O2. The SMILES string of the molecule is Oc1ccccc1C1(c2ccccc2O)C=CC2C3C=CC(C3)C21. The second kappa shape index (κ2) is 4.76. The van der Waals surface area contributed by atoms with E-state index in [4.69, 9.17) is 0 Å². The zero-order chi connectivity index (χ0) is 16.3. The van der Waals surface area contributed by atoms with Crippen molar-refractivity contribution >= 4 is 0 Å². The van der Waals surface area contributed by atoms with E-state index in [0.717, 1.165) is 11.1 Å². The van der Waals surface area contributed by atoms with E-state index in [9.17, 15) is 10.2 Å². The lowest BCUT2D eigenvalue weighted by Gasteiger charge is -2.40. The fraction of sp³-hybridized carbons (Fsp3) is 0.273. The molecule has 0 spiro atoms. The minimum atomic E-state index is -0.467. The van der Waals surface area contributed by atoms with Crippen molar-refractivity contribution in [3.05, 3.63) is 84.0 Å². The molecule has 0 amide bonds. The first kappa shape index (κ1) is 13.9. The predicted octanol–water partition coefficient (Wildman–Crippen LogP) is 4.39. The van der Waals surface area contributed by atoms with E-state index < -0.39 is 5.41 Å². The van der Waals surface area contributed by atoms with Crippen molar-refractivity contribution in [2.75, 3.05) is 0 Å². The Balaban J connectivity index is 1.80. The highest BCUT2D eigenvalue weighted by atomic mass is 16.3. The molecule has 2 heteroatoms. The number of hydrogen-bond acceptors (Lipinski definition) is 2. The van der Waals surface area contributed by atoms with Crippen molar-refractivity contribution in [1.29, 1.82) is 0 Å². The smallest absolute Gasteiger partial charge is 0.120 e. The van der Waals surface area contributed by atoms with Gasteiger partial charge in [-0.1, -0.05) is 60.7 Å². The van der Waals surface area contributed by atoms with Gasteiger partial charge in [0.25, 0.3) is 0 Å². The first-order valence-electron chi connectivity index (χ1n) is 8.66. The highest BCUT2D eigenvalue weighted by molar-refractivity contribution is 5.58. The first-order valence-corrected chi connectivity index (χ1v) is 8.66. The Morgan fingerprint density at radius 3 is 1.96 bits per heavy atom. The molecule has 0 aromatic heterocycles. The Morgan fingerprint density at radius 2 is 1.33 bits per heavy atom. The van der Waals surface area contributed by atoms with Crippen LogP contribution in [0.25, 0.3) is 0 Å². The van der Waals surface area contributed by atoms with Gasteiger partial charge in [0.2, 0.25) is 0 Å². The molecular weight excluding hydrogens is 296 g/mol. The van der Waals surface area contributed by atoms with Gasteiger partial charge < -0.3 is 10.2 Å². The average Bonchev–Trinajstić information content (AvgIpc) is 3.29. The molecule has 2 nitrogen and oxygen atoms in total. The molecule has 3 aliphatic rings. The number of para-hydroxylation sites is 2. The molecule has 2 aromatic rings. The van der Waals surface area contributed by atoms with Crippen LogP contribution in [0.4, 0.5) is 0 Å². The zero-order valence-corrected chi connectivity index (χ0v) is 13.3. The molecule has 0 aliphatic heterocycles. The highest BCUT2D eigenvalue weighted by Gasteiger charge is 2.58. The Bertz CT molecular complexity index is 818. The number of hydrogen-bond donors (Lipinski definition) is 2. The van der Waals surface area contributed by atoms with E-state index in [2.05, 4.69) is 24.3 Å². The van der Waals surface area contributed by atoms with Gasteiger partial charge >= 0.3 is 0 Å². The van der Waals surface area contributed by atoms with Crippen LogP contribution in [0.15, 0.2) is 72.8 Å². The van der Waals surface area contributed by atoms with Gasteiger partial charge in [-0.3, -0.25) is 0 Å². The standard InChI is InChI=1S/C22H20O2/c23-19-7-3-1-5-17(19)22(18-6-2-4-8-20(18)24)12-11-16-14-9-10-15(13-14)21(16)22/h1-12,14-16,21,23-24H,13H2. The third-order valence-corrected chi connectivity index (χ3v) is 6.33. The lowest BCUT2D eigenvalue weighted by Crippen LogP contribution is -2.37. The summed E-state index contributed by atoms with van der Waals surface area (Å²) in [5.74, 6) is 2.54. The Kier molecular flexibility index (Phi) is 2.76. The maximum atomic E-state index is 10.6. The van der Waals surface area contributed by atoms with Crippen LogP contribution in [-0.2, 0) is 5.41 Å². The number of fused-ring (bicyclic) bond motifs is 5. The van der Waals surface area contributed by atoms with E-state index in [1.54, 1.807) is 12.1 Å². The van der Waals surface area contributed by atoms with Crippen molar-refractivity contribution in [1.82, 2.24) is 0 Å². The molecule has 0 heterocycles. The largest absolute Gasteiger partial charge is 0.508 e. The summed E-state index contributed by atoms with van der Waals surface area (Å²) in [5.41, 5.74) is 1.33. The van der Waals surface area contributed by atoms with Gasteiger partial charge in [-0.15, -0.1) is 0 Å². The Labute approximate surface area is 141 Å².